The van der Waals surface area contributed by atoms with Crippen LogP contribution in [0.3, 0.4) is 0 Å². The summed E-state index contributed by atoms with van der Waals surface area (Å²) >= 11 is 3.78. The summed E-state index contributed by atoms with van der Waals surface area (Å²) in [6.45, 7) is 0. The first-order valence-electron chi connectivity index (χ1n) is 23.2. The van der Waals surface area contributed by atoms with Crippen LogP contribution in [0.2, 0.25) is 0 Å². The number of fused-ring (bicyclic) bond motifs is 13. The number of furan rings is 1. The van der Waals surface area contributed by atoms with Crippen molar-refractivity contribution in [1.29, 1.82) is 0 Å². The molecule has 1 unspecified atom stereocenters. The Hall–Kier alpha value is -7.82. The van der Waals surface area contributed by atoms with Crippen molar-refractivity contribution in [3.8, 4) is 33.4 Å². The summed E-state index contributed by atoms with van der Waals surface area (Å²) in [5, 5.41) is 17.8. The Balaban J connectivity index is 0.928. The lowest BCUT2D eigenvalue weighted by Crippen LogP contribution is -2.23. The minimum absolute atomic E-state index is 0.254. The summed E-state index contributed by atoms with van der Waals surface area (Å²) in [5.41, 5.74) is 10.5. The van der Waals surface area contributed by atoms with Gasteiger partial charge in [0.25, 0.3) is 0 Å². The van der Waals surface area contributed by atoms with Gasteiger partial charge < -0.3 is 4.42 Å². The summed E-state index contributed by atoms with van der Waals surface area (Å²) in [7, 11) is 0. The normalized spacial score (nSPS) is 14.0. The minimum atomic E-state index is 0.254. The van der Waals surface area contributed by atoms with Crippen molar-refractivity contribution in [2.75, 3.05) is 0 Å². The number of hydrogen-bond acceptors (Lipinski definition) is 3. The molecule has 0 radical (unpaired) electrons. The van der Waals surface area contributed by atoms with E-state index >= 15 is 0 Å². The molecule has 1 aliphatic rings. The molecule has 0 spiro atoms. The molecule has 0 saturated carbocycles. The Morgan fingerprint density at radius 3 is 1.55 bits per heavy atom. The van der Waals surface area contributed by atoms with Crippen molar-refractivity contribution in [2.24, 2.45) is 0 Å². The number of benzene rings is 11. The second-order valence-electron chi connectivity index (χ2n) is 18.1. The van der Waals surface area contributed by atoms with E-state index < -0.39 is 0 Å². The van der Waals surface area contributed by atoms with Crippen LogP contribution < -0.4 is 9.75 Å². The molecule has 11 aromatic carbocycles. The fourth-order valence-electron chi connectivity index (χ4n) is 11.8. The van der Waals surface area contributed by atoms with E-state index in [-0.39, 0.29) is 5.92 Å². The van der Waals surface area contributed by atoms with Gasteiger partial charge in [-0.3, -0.25) is 0 Å². The third-order valence-corrected chi connectivity index (χ3v) is 16.9. The van der Waals surface area contributed by atoms with Crippen molar-refractivity contribution in [3.05, 3.63) is 216 Å². The van der Waals surface area contributed by atoms with Gasteiger partial charge in [-0.15, -0.1) is 22.7 Å². The minimum Gasteiger partial charge on any atom is -0.456 e. The molecular weight excluding hydrogens is 849 g/mol. The van der Waals surface area contributed by atoms with Gasteiger partial charge in [-0.2, -0.15) is 0 Å². The molecule has 0 aliphatic heterocycles. The maximum Gasteiger partial charge on any atom is 0.136 e. The lowest BCUT2D eigenvalue weighted by atomic mass is 9.81. The maximum absolute atomic E-state index is 6.96. The molecule has 1 atom stereocenters. The molecule has 3 heteroatoms. The summed E-state index contributed by atoms with van der Waals surface area (Å²) in [6, 6.07) is 74.3. The maximum atomic E-state index is 6.96. The Bertz CT molecular complexity index is 4450. The molecule has 3 heterocycles. The van der Waals surface area contributed by atoms with Crippen LogP contribution in [0.15, 0.2) is 205 Å². The van der Waals surface area contributed by atoms with Gasteiger partial charge in [-0.25, -0.2) is 0 Å². The van der Waals surface area contributed by atoms with Gasteiger partial charge >= 0.3 is 0 Å². The Kier molecular flexibility index (Phi) is 8.01. The van der Waals surface area contributed by atoms with Crippen LogP contribution in [0.5, 0.6) is 0 Å². The first-order valence-corrected chi connectivity index (χ1v) is 24.8. The fraction of sp³-hybridized carbons (Fsp3) is 0.0312. The second kappa shape index (κ2) is 14.3. The topological polar surface area (TPSA) is 13.1 Å². The van der Waals surface area contributed by atoms with Gasteiger partial charge in [-0.1, -0.05) is 170 Å². The molecule has 67 heavy (non-hydrogen) atoms. The molecule has 0 bridgehead atoms. The molecular formula is C64H38OS2. The van der Waals surface area contributed by atoms with E-state index in [1.807, 2.05) is 22.7 Å². The highest BCUT2D eigenvalue weighted by atomic mass is 32.1. The summed E-state index contributed by atoms with van der Waals surface area (Å²) in [5.74, 6) is 0.254. The van der Waals surface area contributed by atoms with E-state index in [1.165, 1.54) is 116 Å². The molecule has 3 aromatic heterocycles. The highest BCUT2D eigenvalue weighted by Gasteiger charge is 2.25. The Morgan fingerprint density at radius 2 is 0.896 bits per heavy atom. The van der Waals surface area contributed by atoms with Gasteiger partial charge in [-0.05, 0) is 142 Å². The van der Waals surface area contributed by atoms with Crippen molar-refractivity contribution in [1.82, 2.24) is 0 Å². The molecule has 0 fully saturated rings. The van der Waals surface area contributed by atoms with Gasteiger partial charge in [0.2, 0.25) is 0 Å². The first-order chi connectivity index (χ1) is 33.2. The lowest BCUT2D eigenvalue weighted by molar-refractivity contribution is 0.669. The fourth-order valence-corrected chi connectivity index (χ4v) is 14.0. The van der Waals surface area contributed by atoms with Crippen LogP contribution in [0.25, 0.3) is 141 Å². The monoisotopic (exact) mass is 886 g/mol. The van der Waals surface area contributed by atoms with Gasteiger partial charge in [0.15, 0.2) is 0 Å². The predicted molar refractivity (Wildman–Crippen MR) is 290 cm³/mol. The summed E-state index contributed by atoms with van der Waals surface area (Å²) < 4.78 is 12.4. The zero-order valence-electron chi connectivity index (χ0n) is 36.2. The standard InChI is InChI=1S/C64H38OS2/c1-3-18-44-42(16-1)60(37-29-32-58-52(34-37)40-14-9-11-26-56(40)66-58)43-17-2-4-19-45(43)62(44)39-28-31-50-55(36-39)65-54-25-13-24-51(64(50)54)63-48-22-7-5-20-46(48)61(47-21-6-8-23-49(47)63)38-30-33-59-53(35-38)41-15-10-12-27-57(41)67-59/h1-29,31-36,38H,30H2. The molecule has 14 aromatic rings. The Morgan fingerprint density at radius 1 is 0.373 bits per heavy atom. The van der Waals surface area contributed by atoms with Crippen molar-refractivity contribution >= 4 is 130 Å². The molecule has 1 nitrogen and oxygen atoms in total. The predicted octanol–water partition coefficient (Wildman–Crippen LogP) is 17.5. The summed E-state index contributed by atoms with van der Waals surface area (Å²) in [6.07, 6.45) is 6.00. The lowest BCUT2D eigenvalue weighted by Gasteiger charge is -2.22. The van der Waals surface area contributed by atoms with E-state index in [1.54, 1.807) is 0 Å². The highest BCUT2D eigenvalue weighted by Crippen LogP contribution is 2.49. The second-order valence-corrected chi connectivity index (χ2v) is 20.3. The van der Waals surface area contributed by atoms with E-state index in [4.69, 9.17) is 4.42 Å². The van der Waals surface area contributed by atoms with Crippen molar-refractivity contribution < 1.29 is 4.42 Å². The SMILES string of the molecule is C1=c2sc3ccccc3c2=CC(c2c3ccccc3c(-c3cccc4oc5cc(-c6c7ccccc7c(-c7ccc8sc9ccccc9c8c7)c7ccccc67)ccc5c34)c3ccccc23)C1. The third kappa shape index (κ3) is 5.47. The smallest absolute Gasteiger partial charge is 0.136 e. The third-order valence-electron chi connectivity index (χ3n) is 14.6. The molecule has 0 amide bonds. The van der Waals surface area contributed by atoms with Crippen LogP contribution in [-0.4, -0.2) is 0 Å². The van der Waals surface area contributed by atoms with Crippen LogP contribution >= 0.6 is 22.7 Å². The molecule has 0 saturated heterocycles. The van der Waals surface area contributed by atoms with E-state index in [9.17, 15) is 0 Å². The molecule has 0 N–H and O–H groups in total. The number of thiophene rings is 2. The quantitative estimate of drug-likeness (QED) is 0.161. The van der Waals surface area contributed by atoms with Crippen LogP contribution in [0, 0.1) is 0 Å². The van der Waals surface area contributed by atoms with Crippen LogP contribution in [0.1, 0.15) is 17.9 Å². The largest absolute Gasteiger partial charge is 0.456 e. The van der Waals surface area contributed by atoms with Gasteiger partial charge in [0.05, 0.1) is 0 Å². The van der Waals surface area contributed by atoms with Gasteiger partial charge in [0.1, 0.15) is 11.2 Å². The average molecular weight is 887 g/mol. The highest BCUT2D eigenvalue weighted by molar-refractivity contribution is 7.25. The summed E-state index contributed by atoms with van der Waals surface area (Å²) in [4.78, 5) is 0. The van der Waals surface area contributed by atoms with Crippen molar-refractivity contribution in [2.45, 2.75) is 12.3 Å². The number of rotatable bonds is 4. The van der Waals surface area contributed by atoms with Crippen LogP contribution in [0.4, 0.5) is 0 Å². The molecule has 1 aliphatic carbocycles. The van der Waals surface area contributed by atoms with Crippen molar-refractivity contribution in [3.63, 3.8) is 0 Å². The first kappa shape index (κ1) is 37.4. The van der Waals surface area contributed by atoms with E-state index in [2.05, 4.69) is 212 Å². The van der Waals surface area contributed by atoms with Gasteiger partial charge in [0, 0.05) is 46.1 Å². The number of hydrogen-bond donors (Lipinski definition) is 0. The van der Waals surface area contributed by atoms with E-state index in [0.717, 1.165) is 33.9 Å². The average Bonchev–Trinajstić information content (AvgIpc) is 4.08. The van der Waals surface area contributed by atoms with Crippen LogP contribution in [-0.2, 0) is 0 Å². The van der Waals surface area contributed by atoms with E-state index in [0.29, 0.717) is 0 Å². The molecule has 15 rings (SSSR count). The Labute approximate surface area is 393 Å². The zero-order valence-corrected chi connectivity index (χ0v) is 37.8. The molecule has 312 valence electrons. The zero-order chi connectivity index (χ0) is 43.7.